The molecule has 0 bridgehead atoms. The van der Waals surface area contributed by atoms with E-state index in [9.17, 15) is 13.2 Å². The number of morpholine rings is 1. The predicted octanol–water partition coefficient (Wildman–Crippen LogP) is 3.66. The Bertz CT molecular complexity index is 1420. The first-order chi connectivity index (χ1) is 19.2. The Morgan fingerprint density at radius 1 is 0.925 bits per heavy atom. The second kappa shape index (κ2) is 13.2. The highest BCUT2D eigenvalue weighted by atomic mass is 32.2. The smallest absolute Gasteiger partial charge is 0.264 e. The molecule has 1 N–H and O–H groups in total. The Morgan fingerprint density at radius 2 is 1.60 bits per heavy atom. The van der Waals surface area contributed by atoms with Gasteiger partial charge < -0.3 is 19.5 Å². The van der Waals surface area contributed by atoms with Gasteiger partial charge in [0, 0.05) is 32.2 Å². The van der Waals surface area contributed by atoms with Crippen molar-refractivity contribution in [3.63, 3.8) is 0 Å². The van der Waals surface area contributed by atoms with E-state index in [1.807, 2.05) is 32.0 Å². The van der Waals surface area contributed by atoms with Crippen LogP contribution in [0, 0.1) is 13.8 Å². The molecule has 1 saturated heterocycles. The molecule has 0 aromatic heterocycles. The third-order valence-corrected chi connectivity index (χ3v) is 8.49. The highest BCUT2D eigenvalue weighted by Crippen LogP contribution is 2.32. The molecular weight excluding hydrogens is 530 g/mol. The number of sulfonamides is 1. The summed E-state index contributed by atoms with van der Waals surface area (Å²) in [5.41, 5.74) is 4.29. The van der Waals surface area contributed by atoms with Crippen LogP contribution in [0.2, 0.25) is 0 Å². The summed E-state index contributed by atoms with van der Waals surface area (Å²) in [5, 5.41) is 2.90. The van der Waals surface area contributed by atoms with Gasteiger partial charge in [-0.3, -0.25) is 14.0 Å². The normalized spacial score (nSPS) is 14.0. The van der Waals surface area contributed by atoms with Crippen LogP contribution in [0.15, 0.2) is 65.6 Å². The molecule has 3 aromatic carbocycles. The van der Waals surface area contributed by atoms with Crippen molar-refractivity contribution in [3.05, 3.63) is 82.9 Å². The molecule has 1 heterocycles. The fraction of sp³-hybridized carbons (Fsp3) is 0.367. The number of aryl methyl sites for hydroxylation is 2. The number of carbonyl (C=O) groups is 1. The highest BCUT2D eigenvalue weighted by Gasteiger charge is 2.28. The summed E-state index contributed by atoms with van der Waals surface area (Å²) in [6.45, 7) is 7.75. The molecule has 0 atom stereocenters. The molecule has 3 aromatic rings. The lowest BCUT2D eigenvalue weighted by Gasteiger charge is -2.26. The molecule has 0 spiro atoms. The highest BCUT2D eigenvalue weighted by molar-refractivity contribution is 7.92. The third kappa shape index (κ3) is 7.32. The number of nitrogens with one attached hydrogen (secondary N) is 1. The summed E-state index contributed by atoms with van der Waals surface area (Å²) < 4.78 is 45.0. The second-order valence-corrected chi connectivity index (χ2v) is 11.7. The maximum Gasteiger partial charge on any atom is 0.264 e. The maximum atomic E-state index is 13.9. The number of amides is 1. The van der Waals surface area contributed by atoms with Gasteiger partial charge in [0.2, 0.25) is 5.91 Å². The van der Waals surface area contributed by atoms with Gasteiger partial charge in [-0.15, -0.1) is 0 Å². The van der Waals surface area contributed by atoms with E-state index >= 15 is 0 Å². The van der Waals surface area contributed by atoms with Crippen molar-refractivity contribution in [1.82, 2.24) is 10.2 Å². The lowest BCUT2D eigenvalue weighted by atomic mass is 10.1. The molecule has 0 aliphatic carbocycles. The molecule has 214 valence electrons. The molecule has 0 radical (unpaired) electrons. The molecule has 40 heavy (non-hydrogen) atoms. The first kappa shape index (κ1) is 29.4. The predicted molar refractivity (Wildman–Crippen MR) is 154 cm³/mol. The Morgan fingerprint density at radius 3 is 2.27 bits per heavy atom. The van der Waals surface area contributed by atoms with E-state index in [2.05, 4.69) is 22.3 Å². The molecular formula is C30H37N3O6S. The molecule has 1 aliphatic heterocycles. The van der Waals surface area contributed by atoms with Crippen LogP contribution in [0.4, 0.5) is 5.69 Å². The molecule has 4 rings (SSSR count). The van der Waals surface area contributed by atoms with Crippen molar-refractivity contribution in [2.75, 3.05) is 51.4 Å². The molecule has 1 aliphatic rings. The number of rotatable bonds is 11. The van der Waals surface area contributed by atoms with Crippen molar-refractivity contribution in [2.24, 2.45) is 0 Å². The standard InChI is InChI=1S/C30H37N3O6S/c1-22-14-23(2)16-26(15-22)33(40(35,36)27-8-9-28(37-3)29(18-27)38-4)21-30(34)31-19-24-6-5-7-25(17-24)20-32-10-12-39-13-11-32/h5-9,14-18H,10-13,19-21H2,1-4H3,(H,31,34). The largest absolute Gasteiger partial charge is 0.493 e. The zero-order valence-corrected chi connectivity index (χ0v) is 24.3. The summed E-state index contributed by atoms with van der Waals surface area (Å²) in [7, 11) is -1.20. The van der Waals surface area contributed by atoms with Crippen LogP contribution in [0.5, 0.6) is 11.5 Å². The number of nitrogens with zero attached hydrogens (tertiary/aromatic N) is 2. The molecule has 0 saturated carbocycles. The average Bonchev–Trinajstić information content (AvgIpc) is 2.94. The summed E-state index contributed by atoms with van der Waals surface area (Å²) in [6, 6.07) is 17.9. The van der Waals surface area contributed by atoms with Crippen molar-refractivity contribution in [3.8, 4) is 11.5 Å². The van der Waals surface area contributed by atoms with Crippen LogP contribution in [0.1, 0.15) is 22.3 Å². The van der Waals surface area contributed by atoms with Crippen molar-refractivity contribution in [2.45, 2.75) is 31.8 Å². The number of methoxy groups -OCH3 is 2. The monoisotopic (exact) mass is 567 g/mol. The molecule has 1 amide bonds. The SMILES string of the molecule is COc1ccc(S(=O)(=O)N(CC(=O)NCc2cccc(CN3CCOCC3)c2)c2cc(C)cc(C)c2)cc1OC. The third-order valence-electron chi connectivity index (χ3n) is 6.72. The van der Waals surface area contributed by atoms with Gasteiger partial charge in [0.1, 0.15) is 6.54 Å². The van der Waals surface area contributed by atoms with Crippen molar-refractivity contribution in [1.29, 1.82) is 0 Å². The molecule has 0 unspecified atom stereocenters. The van der Waals surface area contributed by atoms with E-state index in [0.29, 0.717) is 11.4 Å². The van der Waals surface area contributed by atoms with Crippen LogP contribution in [0.3, 0.4) is 0 Å². The Labute approximate surface area is 236 Å². The van der Waals surface area contributed by atoms with Crippen LogP contribution < -0.4 is 19.1 Å². The second-order valence-electron chi connectivity index (χ2n) is 9.86. The summed E-state index contributed by atoms with van der Waals surface area (Å²) in [6.07, 6.45) is 0. The van der Waals surface area contributed by atoms with Gasteiger partial charge in [0.05, 0.1) is 38.0 Å². The van der Waals surface area contributed by atoms with Crippen LogP contribution in [-0.4, -0.2) is 66.3 Å². The quantitative estimate of drug-likeness (QED) is 0.378. The van der Waals surface area contributed by atoms with Crippen molar-refractivity contribution < 1.29 is 27.4 Å². The minimum absolute atomic E-state index is 0.00655. The number of carbonyl (C=O) groups excluding carboxylic acids is 1. The van der Waals surface area contributed by atoms with Crippen LogP contribution >= 0.6 is 0 Å². The first-order valence-electron chi connectivity index (χ1n) is 13.2. The number of hydrogen-bond acceptors (Lipinski definition) is 7. The first-order valence-corrected chi connectivity index (χ1v) is 14.6. The van der Waals surface area contributed by atoms with Gasteiger partial charge >= 0.3 is 0 Å². The Balaban J connectivity index is 1.54. The van der Waals surface area contributed by atoms with Gasteiger partial charge in [0.15, 0.2) is 11.5 Å². The maximum absolute atomic E-state index is 13.9. The van der Waals surface area contributed by atoms with E-state index in [1.165, 1.54) is 32.4 Å². The van der Waals surface area contributed by atoms with E-state index in [4.69, 9.17) is 14.2 Å². The van der Waals surface area contributed by atoms with E-state index in [-0.39, 0.29) is 23.7 Å². The lowest BCUT2D eigenvalue weighted by Crippen LogP contribution is -2.40. The number of anilines is 1. The van der Waals surface area contributed by atoms with E-state index in [0.717, 1.165) is 59.4 Å². The molecule has 9 nitrogen and oxygen atoms in total. The van der Waals surface area contributed by atoms with Crippen molar-refractivity contribution >= 4 is 21.6 Å². The average molecular weight is 568 g/mol. The Kier molecular flexibility index (Phi) is 9.67. The number of ether oxygens (including phenoxy) is 3. The van der Waals surface area contributed by atoms with E-state index < -0.39 is 15.9 Å². The fourth-order valence-electron chi connectivity index (χ4n) is 4.76. The molecule has 1 fully saturated rings. The zero-order chi connectivity index (χ0) is 28.7. The summed E-state index contributed by atoms with van der Waals surface area (Å²) in [5.74, 6) is 0.278. The summed E-state index contributed by atoms with van der Waals surface area (Å²) >= 11 is 0. The van der Waals surface area contributed by atoms with Gasteiger partial charge in [-0.25, -0.2) is 8.42 Å². The number of benzene rings is 3. The zero-order valence-electron chi connectivity index (χ0n) is 23.5. The van der Waals surface area contributed by atoms with Gasteiger partial charge in [-0.2, -0.15) is 0 Å². The minimum Gasteiger partial charge on any atom is -0.493 e. The summed E-state index contributed by atoms with van der Waals surface area (Å²) in [4.78, 5) is 15.5. The fourth-order valence-corrected chi connectivity index (χ4v) is 6.18. The lowest BCUT2D eigenvalue weighted by molar-refractivity contribution is -0.119. The molecule has 10 heteroatoms. The van der Waals surface area contributed by atoms with E-state index in [1.54, 1.807) is 12.1 Å². The van der Waals surface area contributed by atoms with Gasteiger partial charge in [-0.1, -0.05) is 30.3 Å². The Hall–Kier alpha value is -3.60. The van der Waals surface area contributed by atoms with Gasteiger partial charge in [-0.05, 0) is 60.4 Å². The van der Waals surface area contributed by atoms with Crippen LogP contribution in [-0.2, 0) is 32.6 Å². The van der Waals surface area contributed by atoms with Crippen LogP contribution in [0.25, 0.3) is 0 Å². The minimum atomic E-state index is -4.13. The topological polar surface area (TPSA) is 97.4 Å². The number of hydrogen-bond donors (Lipinski definition) is 1. The van der Waals surface area contributed by atoms with Gasteiger partial charge in [0.25, 0.3) is 10.0 Å².